The Labute approximate surface area is 103 Å². The van der Waals surface area contributed by atoms with Gasteiger partial charge in [0.1, 0.15) is 0 Å². The Morgan fingerprint density at radius 1 is 0.938 bits per heavy atom. The van der Waals surface area contributed by atoms with E-state index in [1.807, 2.05) is 0 Å². The number of hydrogen-bond acceptors (Lipinski definition) is 0. The fourth-order valence-corrected chi connectivity index (χ4v) is 3.82. The molecule has 2 atom stereocenters. The molecule has 1 saturated carbocycles. The van der Waals surface area contributed by atoms with Gasteiger partial charge >= 0.3 is 0 Å². The molecule has 1 rings (SSSR count). The van der Waals surface area contributed by atoms with Crippen LogP contribution >= 0.6 is 0 Å². The maximum absolute atomic E-state index is 4.12. The smallest absolute Gasteiger partial charge is 0.00670 e. The minimum absolute atomic E-state index is 0.228. The van der Waals surface area contributed by atoms with Crippen molar-refractivity contribution in [1.29, 1.82) is 0 Å². The molecule has 1 fully saturated rings. The van der Waals surface area contributed by atoms with E-state index in [0.717, 1.165) is 0 Å². The van der Waals surface area contributed by atoms with E-state index < -0.39 is 0 Å². The highest BCUT2D eigenvalue weighted by atomic mass is 14.6. The molecular weight excluding hydrogens is 192 g/mol. The van der Waals surface area contributed by atoms with Crippen molar-refractivity contribution in [2.75, 3.05) is 0 Å². The van der Waals surface area contributed by atoms with Gasteiger partial charge in [0.05, 0.1) is 0 Å². The van der Waals surface area contributed by atoms with Gasteiger partial charge in [-0.15, -0.1) is 6.58 Å². The van der Waals surface area contributed by atoms with Gasteiger partial charge in [0.2, 0.25) is 0 Å². The van der Waals surface area contributed by atoms with Crippen LogP contribution in [0.15, 0.2) is 12.7 Å². The van der Waals surface area contributed by atoms with Crippen LogP contribution in [0.2, 0.25) is 0 Å². The minimum Gasteiger partial charge on any atom is -0.103 e. The largest absolute Gasteiger partial charge is 0.103 e. The molecule has 0 nitrogen and oxygen atoms in total. The van der Waals surface area contributed by atoms with Crippen LogP contribution in [0.25, 0.3) is 0 Å². The molecule has 0 N–H and O–H groups in total. The van der Waals surface area contributed by atoms with E-state index in [4.69, 9.17) is 0 Å². The fourth-order valence-electron chi connectivity index (χ4n) is 3.82. The van der Waals surface area contributed by atoms with Gasteiger partial charge in [0, 0.05) is 0 Å². The molecule has 0 spiro atoms. The van der Waals surface area contributed by atoms with Crippen molar-refractivity contribution in [2.24, 2.45) is 27.6 Å². The van der Waals surface area contributed by atoms with Crippen molar-refractivity contribution >= 4 is 0 Å². The molecule has 0 aromatic carbocycles. The zero-order valence-corrected chi connectivity index (χ0v) is 12.6. The second-order valence-corrected chi connectivity index (χ2v) is 7.73. The van der Waals surface area contributed by atoms with Crippen LogP contribution in [0, 0.1) is 27.6 Å². The molecule has 0 aliphatic heterocycles. The summed E-state index contributed by atoms with van der Waals surface area (Å²) in [5.41, 5.74) is 1.20. The highest BCUT2D eigenvalue weighted by Crippen LogP contribution is 2.68. The monoisotopic (exact) mass is 222 g/mol. The maximum atomic E-state index is 4.12. The summed E-state index contributed by atoms with van der Waals surface area (Å²) in [6, 6.07) is 0. The van der Waals surface area contributed by atoms with E-state index in [2.05, 4.69) is 68.0 Å². The Morgan fingerprint density at radius 3 is 1.75 bits per heavy atom. The fraction of sp³-hybridized carbons (Fsp3) is 0.875. The summed E-state index contributed by atoms with van der Waals surface area (Å²) < 4.78 is 0. The second kappa shape index (κ2) is 3.37. The lowest BCUT2D eigenvalue weighted by molar-refractivity contribution is -0.159. The lowest BCUT2D eigenvalue weighted by Crippen LogP contribution is -2.59. The van der Waals surface area contributed by atoms with Gasteiger partial charge in [0.25, 0.3) is 0 Å². The zero-order valence-electron chi connectivity index (χ0n) is 12.6. The standard InChI is InChI=1S/C16H30/c1-10-16(9)12(2)11-13(3,4)14(5,6)15(16,7)8/h10,12H,1,11H2,2-9H3. The first-order valence-electron chi connectivity index (χ1n) is 6.57. The van der Waals surface area contributed by atoms with E-state index in [1.54, 1.807) is 0 Å². The minimum atomic E-state index is 0.228. The van der Waals surface area contributed by atoms with Gasteiger partial charge in [0.15, 0.2) is 0 Å². The topological polar surface area (TPSA) is 0 Å². The third kappa shape index (κ3) is 1.34. The molecule has 94 valence electrons. The summed E-state index contributed by atoms with van der Waals surface area (Å²) in [6.45, 7) is 23.5. The third-order valence-electron chi connectivity index (χ3n) is 6.87. The van der Waals surface area contributed by atoms with Crippen LogP contribution in [0.4, 0.5) is 0 Å². The van der Waals surface area contributed by atoms with Crippen molar-refractivity contribution in [3.63, 3.8) is 0 Å². The lowest BCUT2D eigenvalue weighted by atomic mass is 9.38. The van der Waals surface area contributed by atoms with Crippen LogP contribution in [-0.4, -0.2) is 0 Å². The van der Waals surface area contributed by atoms with Gasteiger partial charge in [-0.1, -0.05) is 61.5 Å². The van der Waals surface area contributed by atoms with Crippen LogP contribution < -0.4 is 0 Å². The number of hydrogen-bond donors (Lipinski definition) is 0. The summed E-state index contributed by atoms with van der Waals surface area (Å²) >= 11 is 0. The first-order valence-corrected chi connectivity index (χ1v) is 6.57. The molecule has 0 aromatic heterocycles. The Hall–Kier alpha value is -0.260. The van der Waals surface area contributed by atoms with Crippen molar-refractivity contribution in [2.45, 2.75) is 61.8 Å². The molecule has 0 saturated heterocycles. The van der Waals surface area contributed by atoms with E-state index >= 15 is 0 Å². The predicted molar refractivity (Wildman–Crippen MR) is 73.4 cm³/mol. The van der Waals surface area contributed by atoms with Gasteiger partial charge < -0.3 is 0 Å². The average molecular weight is 222 g/mol. The molecule has 0 bridgehead atoms. The van der Waals surface area contributed by atoms with Crippen molar-refractivity contribution in [3.05, 3.63) is 12.7 Å². The SMILES string of the molecule is C=CC1(C)C(C)CC(C)(C)C(C)(C)C1(C)C. The molecule has 1 aliphatic rings. The zero-order chi connectivity index (χ0) is 13.0. The summed E-state index contributed by atoms with van der Waals surface area (Å²) in [4.78, 5) is 0. The molecule has 0 aromatic rings. The Kier molecular flexibility index (Phi) is 2.91. The van der Waals surface area contributed by atoms with Crippen LogP contribution in [0.3, 0.4) is 0 Å². The highest BCUT2D eigenvalue weighted by Gasteiger charge is 2.61. The van der Waals surface area contributed by atoms with Crippen molar-refractivity contribution in [3.8, 4) is 0 Å². The van der Waals surface area contributed by atoms with Gasteiger partial charge in [-0.2, -0.15) is 0 Å². The molecular formula is C16H30. The molecule has 0 radical (unpaired) electrons. The van der Waals surface area contributed by atoms with Gasteiger partial charge in [-0.05, 0) is 34.0 Å². The van der Waals surface area contributed by atoms with Crippen LogP contribution in [-0.2, 0) is 0 Å². The van der Waals surface area contributed by atoms with Crippen LogP contribution in [0.5, 0.6) is 0 Å². The highest BCUT2D eigenvalue weighted by molar-refractivity contribution is 5.15. The number of allylic oxidation sites excluding steroid dienone is 1. The van der Waals surface area contributed by atoms with E-state index in [1.165, 1.54) is 6.42 Å². The summed E-state index contributed by atoms with van der Waals surface area (Å²) in [7, 11) is 0. The summed E-state index contributed by atoms with van der Waals surface area (Å²) in [6.07, 6.45) is 3.49. The summed E-state index contributed by atoms with van der Waals surface area (Å²) in [5.74, 6) is 0.697. The molecule has 0 heteroatoms. The van der Waals surface area contributed by atoms with Gasteiger partial charge in [-0.25, -0.2) is 0 Å². The second-order valence-electron chi connectivity index (χ2n) is 7.73. The lowest BCUT2D eigenvalue weighted by Gasteiger charge is -2.66. The van der Waals surface area contributed by atoms with Crippen LogP contribution in [0.1, 0.15) is 61.8 Å². The van der Waals surface area contributed by atoms with Crippen molar-refractivity contribution < 1.29 is 0 Å². The van der Waals surface area contributed by atoms with E-state index in [0.29, 0.717) is 16.7 Å². The number of rotatable bonds is 1. The predicted octanol–water partition coefficient (Wildman–Crippen LogP) is 5.30. The van der Waals surface area contributed by atoms with E-state index in [-0.39, 0.29) is 10.8 Å². The van der Waals surface area contributed by atoms with Gasteiger partial charge in [-0.3, -0.25) is 0 Å². The first kappa shape index (κ1) is 13.8. The van der Waals surface area contributed by atoms with Crippen molar-refractivity contribution in [1.82, 2.24) is 0 Å². The molecule has 1 aliphatic carbocycles. The average Bonchev–Trinajstić information content (AvgIpc) is 2.13. The maximum Gasteiger partial charge on any atom is -0.00670 e. The molecule has 0 amide bonds. The Balaban J connectivity index is 3.39. The quantitative estimate of drug-likeness (QED) is 0.528. The molecule has 16 heavy (non-hydrogen) atoms. The normalized spacial score (nSPS) is 40.4. The molecule has 2 unspecified atom stereocenters. The molecule has 0 heterocycles. The Morgan fingerprint density at radius 2 is 1.38 bits per heavy atom. The van der Waals surface area contributed by atoms with E-state index in [9.17, 15) is 0 Å². The first-order chi connectivity index (χ1) is 6.94. The Bertz CT molecular complexity index is 293. The third-order valence-corrected chi connectivity index (χ3v) is 6.87. The summed E-state index contributed by atoms with van der Waals surface area (Å²) in [5, 5.41) is 0.